The molecule has 1 atom stereocenters. The number of anilines is 1. The first-order chi connectivity index (χ1) is 15.0. The van der Waals surface area contributed by atoms with Gasteiger partial charge in [-0.05, 0) is 0 Å². The van der Waals surface area contributed by atoms with Crippen LogP contribution in [0.25, 0.3) is 0 Å². The number of halogens is 1. The first kappa shape index (κ1) is 24.3. The van der Waals surface area contributed by atoms with Crippen molar-refractivity contribution < 1.29 is 9.18 Å². The van der Waals surface area contributed by atoms with E-state index in [2.05, 4.69) is 45.0 Å². The molecule has 1 heterocycles. The Balaban J connectivity index is 1.84. The van der Waals surface area contributed by atoms with Crippen molar-refractivity contribution in [1.82, 2.24) is 0 Å². The van der Waals surface area contributed by atoms with E-state index >= 15 is 0 Å². The van der Waals surface area contributed by atoms with Crippen molar-refractivity contribution in [2.75, 3.05) is 4.90 Å². The van der Waals surface area contributed by atoms with Crippen LogP contribution in [0.15, 0.2) is 48.5 Å². The van der Waals surface area contributed by atoms with Gasteiger partial charge in [0.25, 0.3) is 0 Å². The van der Waals surface area contributed by atoms with Crippen molar-refractivity contribution in [2.24, 2.45) is 0 Å². The predicted molar refractivity (Wildman–Crippen MR) is 132 cm³/mol. The summed E-state index contributed by atoms with van der Waals surface area (Å²) >= 11 is -2.42. The molecule has 4 heteroatoms. The Morgan fingerprint density at radius 3 is 1.81 bits per heavy atom. The number of unbranched alkanes of at least 4 members (excludes halogenated alkanes) is 3. The fraction of sp³-hybridized carbons (Fsp3) is 0.519. The van der Waals surface area contributed by atoms with Crippen LogP contribution in [0.4, 0.5) is 10.1 Å². The zero-order chi connectivity index (χ0) is 22.3. The number of carbonyl (C=O) groups is 1. The second kappa shape index (κ2) is 11.5. The molecule has 0 aliphatic carbocycles. The molecule has 1 aliphatic rings. The van der Waals surface area contributed by atoms with E-state index in [1.807, 2.05) is 4.90 Å². The maximum atomic E-state index is 13.3. The summed E-state index contributed by atoms with van der Waals surface area (Å²) in [4.78, 5) is 14.1. The molecule has 1 amide bonds. The molecule has 2 aromatic rings. The Bertz CT molecular complexity index is 812. The molecule has 1 unspecified atom stereocenters. The van der Waals surface area contributed by atoms with Crippen molar-refractivity contribution >= 4 is 33.6 Å². The summed E-state index contributed by atoms with van der Waals surface area (Å²) in [6.45, 7) is 6.95. The average molecular weight is 530 g/mol. The number of benzene rings is 2. The van der Waals surface area contributed by atoms with Gasteiger partial charge in [0, 0.05) is 0 Å². The first-order valence-electron chi connectivity index (χ1n) is 12.2. The quantitative estimate of drug-likeness (QED) is 0.208. The van der Waals surface area contributed by atoms with Crippen LogP contribution in [-0.4, -0.2) is 24.3 Å². The number of rotatable bonds is 12. The Morgan fingerprint density at radius 2 is 1.35 bits per heavy atom. The normalized spacial score (nSPS) is 16.5. The van der Waals surface area contributed by atoms with Crippen LogP contribution in [0, 0.1) is 5.82 Å². The predicted octanol–water partition coefficient (Wildman–Crippen LogP) is 7.36. The molecular weight excluding hydrogens is 492 g/mol. The molecule has 1 fully saturated rings. The van der Waals surface area contributed by atoms with Gasteiger partial charge in [0.15, 0.2) is 0 Å². The van der Waals surface area contributed by atoms with Gasteiger partial charge in [-0.15, -0.1) is 0 Å². The second-order valence-electron chi connectivity index (χ2n) is 9.17. The van der Waals surface area contributed by atoms with E-state index in [0.717, 1.165) is 5.69 Å². The Hall–Kier alpha value is -1.36. The van der Waals surface area contributed by atoms with Gasteiger partial charge < -0.3 is 0 Å². The SMILES string of the molecule is CCC[CH2][Sn]([CH2]CCC)([CH2]CCC)[c]1ccc(C2CC(=O)N2c2ccc(F)cc2)cc1. The van der Waals surface area contributed by atoms with Crippen LogP contribution in [0.1, 0.15) is 77.3 Å². The summed E-state index contributed by atoms with van der Waals surface area (Å²) in [7, 11) is 0. The van der Waals surface area contributed by atoms with E-state index in [0.29, 0.717) is 6.42 Å². The molecule has 0 spiro atoms. The maximum absolute atomic E-state index is 13.3. The molecule has 0 radical (unpaired) electrons. The number of amides is 1. The van der Waals surface area contributed by atoms with Crippen LogP contribution in [0.2, 0.25) is 13.3 Å². The van der Waals surface area contributed by atoms with E-state index in [4.69, 9.17) is 0 Å². The molecular formula is C27H38FNOSn. The molecule has 168 valence electrons. The minimum absolute atomic E-state index is 0.0681. The van der Waals surface area contributed by atoms with Gasteiger partial charge in [-0.25, -0.2) is 0 Å². The monoisotopic (exact) mass is 531 g/mol. The molecule has 3 rings (SSSR count). The third-order valence-corrected chi connectivity index (χ3v) is 22.7. The standard InChI is InChI=1S/C15H11FNO.3C4H9.Sn/c16-12-6-8-13(9-7-12)17-14(10-15(17)18)11-4-2-1-3-5-11;3*1-3-4-2;/h2-9,14H,10H2;3*1,3-4H2,2H3;. The number of carbonyl (C=O) groups excluding carboxylic acids is 1. The van der Waals surface area contributed by atoms with Gasteiger partial charge in [-0.2, -0.15) is 0 Å². The zero-order valence-corrected chi connectivity index (χ0v) is 22.4. The van der Waals surface area contributed by atoms with Crippen molar-refractivity contribution in [3.05, 3.63) is 59.9 Å². The molecule has 0 saturated carbocycles. The molecule has 2 nitrogen and oxygen atoms in total. The van der Waals surface area contributed by atoms with Crippen molar-refractivity contribution in [3.8, 4) is 0 Å². The van der Waals surface area contributed by atoms with Gasteiger partial charge in [-0.3, -0.25) is 0 Å². The van der Waals surface area contributed by atoms with Gasteiger partial charge in [-0.1, -0.05) is 0 Å². The number of nitrogens with zero attached hydrogens (tertiary/aromatic N) is 1. The minimum atomic E-state index is -2.42. The van der Waals surface area contributed by atoms with Gasteiger partial charge in [0.05, 0.1) is 0 Å². The van der Waals surface area contributed by atoms with Crippen molar-refractivity contribution in [3.63, 3.8) is 0 Å². The Morgan fingerprint density at radius 1 is 0.839 bits per heavy atom. The number of hydrogen-bond donors (Lipinski definition) is 0. The topological polar surface area (TPSA) is 20.3 Å². The first-order valence-corrected chi connectivity index (χ1v) is 19.7. The Labute approximate surface area is 192 Å². The van der Waals surface area contributed by atoms with Crippen molar-refractivity contribution in [1.29, 1.82) is 0 Å². The third kappa shape index (κ3) is 5.71. The molecule has 1 saturated heterocycles. The number of β-lactam (4-membered cyclic amide) rings is 1. The summed E-state index contributed by atoms with van der Waals surface area (Å²) in [5, 5.41) is 0. The molecule has 0 aromatic heterocycles. The summed E-state index contributed by atoms with van der Waals surface area (Å²) in [5.74, 6) is -0.157. The van der Waals surface area contributed by atoms with Crippen LogP contribution < -0.4 is 8.48 Å². The van der Waals surface area contributed by atoms with Crippen LogP contribution in [0.3, 0.4) is 0 Å². The van der Waals surface area contributed by atoms with Crippen LogP contribution in [-0.2, 0) is 4.79 Å². The fourth-order valence-corrected chi connectivity index (χ4v) is 20.9. The van der Waals surface area contributed by atoms with Crippen LogP contribution >= 0.6 is 0 Å². The van der Waals surface area contributed by atoms with Gasteiger partial charge >= 0.3 is 193 Å². The fourth-order valence-electron chi connectivity index (χ4n) is 5.02. The summed E-state index contributed by atoms with van der Waals surface area (Å²) in [5.41, 5.74) is 1.99. The van der Waals surface area contributed by atoms with E-state index < -0.39 is 18.4 Å². The summed E-state index contributed by atoms with van der Waals surface area (Å²) in [6, 6.07) is 15.7. The van der Waals surface area contributed by atoms with Gasteiger partial charge in [0.2, 0.25) is 0 Å². The van der Waals surface area contributed by atoms with E-state index in [1.165, 1.54) is 69.5 Å². The number of hydrogen-bond acceptors (Lipinski definition) is 1. The van der Waals surface area contributed by atoms with E-state index in [1.54, 1.807) is 15.7 Å². The molecule has 0 bridgehead atoms. The van der Waals surface area contributed by atoms with Crippen molar-refractivity contribution in [2.45, 2.75) is 85.1 Å². The third-order valence-electron chi connectivity index (χ3n) is 6.99. The summed E-state index contributed by atoms with van der Waals surface area (Å²) < 4.78 is 19.4. The average Bonchev–Trinajstić information content (AvgIpc) is 2.79. The Kier molecular flexibility index (Phi) is 9.00. The molecule has 2 aromatic carbocycles. The molecule has 0 N–H and O–H groups in total. The zero-order valence-electron chi connectivity index (χ0n) is 19.5. The molecule has 31 heavy (non-hydrogen) atoms. The molecule has 1 aliphatic heterocycles. The summed E-state index contributed by atoms with van der Waals surface area (Å²) in [6.07, 6.45) is 8.47. The van der Waals surface area contributed by atoms with E-state index in [-0.39, 0.29) is 17.8 Å². The van der Waals surface area contributed by atoms with Gasteiger partial charge in [0.1, 0.15) is 0 Å². The van der Waals surface area contributed by atoms with E-state index in [9.17, 15) is 9.18 Å². The second-order valence-corrected chi connectivity index (χ2v) is 22.4. The van der Waals surface area contributed by atoms with Crippen LogP contribution in [0.5, 0.6) is 0 Å².